The summed E-state index contributed by atoms with van der Waals surface area (Å²) in [5.74, 6) is 0. The van der Waals surface area contributed by atoms with Crippen LogP contribution in [0.15, 0.2) is 60.0 Å². The fourth-order valence-corrected chi connectivity index (χ4v) is 4.47. The van der Waals surface area contributed by atoms with Crippen molar-refractivity contribution in [3.05, 3.63) is 71.1 Å². The third kappa shape index (κ3) is 7.33. The van der Waals surface area contributed by atoms with Gasteiger partial charge in [-0.25, -0.2) is 8.42 Å². The number of hydrogen-bond acceptors (Lipinski definition) is 3. The summed E-state index contributed by atoms with van der Waals surface area (Å²) in [6.45, 7) is 9.24. The molecule has 0 aliphatic rings. The van der Waals surface area contributed by atoms with Crippen LogP contribution in [0.4, 0.5) is 5.69 Å². The number of rotatable bonds is 12. The topological polar surface area (TPSA) is 40.6 Å². The molecule has 0 aliphatic carbocycles. The Morgan fingerprint density at radius 2 is 1.52 bits per heavy atom. The van der Waals surface area contributed by atoms with Crippen LogP contribution in [0.3, 0.4) is 0 Å². The van der Waals surface area contributed by atoms with Crippen molar-refractivity contribution >= 4 is 21.8 Å². The highest BCUT2D eigenvalue weighted by Gasteiger charge is 2.19. The maximum Gasteiger partial charge on any atom is 0.236 e. The van der Waals surface area contributed by atoms with Crippen LogP contribution in [-0.4, -0.2) is 32.4 Å². The van der Waals surface area contributed by atoms with Crippen LogP contribution in [-0.2, 0) is 16.6 Å². The molecule has 0 fully saturated rings. The molecule has 2 rings (SSSR count). The van der Waals surface area contributed by atoms with Gasteiger partial charge in [-0.3, -0.25) is 0 Å². The van der Waals surface area contributed by atoms with Crippen LogP contribution in [0.1, 0.15) is 51.2 Å². The maximum atomic E-state index is 13.0. The van der Waals surface area contributed by atoms with E-state index in [0.29, 0.717) is 13.1 Å². The van der Waals surface area contributed by atoms with E-state index in [-0.39, 0.29) is 0 Å². The van der Waals surface area contributed by atoms with Gasteiger partial charge < -0.3 is 4.90 Å². The van der Waals surface area contributed by atoms with Gasteiger partial charge in [0.25, 0.3) is 0 Å². The lowest BCUT2D eigenvalue weighted by Gasteiger charge is -2.23. The predicted octanol–water partition coefficient (Wildman–Crippen LogP) is 5.53. The summed E-state index contributed by atoms with van der Waals surface area (Å²) in [6, 6.07) is 17.8. The van der Waals surface area contributed by atoms with Gasteiger partial charge >= 0.3 is 0 Å². The normalized spacial score (nSPS) is 12.0. The molecule has 0 heterocycles. The lowest BCUT2D eigenvalue weighted by atomic mass is 10.2. The molecule has 0 spiro atoms. The minimum Gasteiger partial charge on any atom is -0.372 e. The summed E-state index contributed by atoms with van der Waals surface area (Å²) in [4.78, 5) is 2.28. The highest BCUT2D eigenvalue weighted by molar-refractivity contribution is 7.92. The molecule has 0 N–H and O–H groups in total. The van der Waals surface area contributed by atoms with E-state index < -0.39 is 10.0 Å². The molecular formula is C24H34N2O2S. The van der Waals surface area contributed by atoms with Gasteiger partial charge in [-0.05, 0) is 49.6 Å². The van der Waals surface area contributed by atoms with Gasteiger partial charge in [0.05, 0.1) is 0 Å². The third-order valence-electron chi connectivity index (χ3n) is 5.03. The predicted molar refractivity (Wildman–Crippen MR) is 124 cm³/mol. The number of unbranched alkanes of at least 4 members (excludes halogenated alkanes) is 2. The van der Waals surface area contributed by atoms with Crippen LogP contribution in [0, 0.1) is 0 Å². The molecule has 0 bridgehead atoms. The van der Waals surface area contributed by atoms with Crippen molar-refractivity contribution < 1.29 is 8.42 Å². The van der Waals surface area contributed by atoms with E-state index in [1.54, 1.807) is 10.4 Å². The summed E-state index contributed by atoms with van der Waals surface area (Å²) >= 11 is 0. The van der Waals surface area contributed by atoms with Crippen LogP contribution >= 0.6 is 0 Å². The van der Waals surface area contributed by atoms with E-state index >= 15 is 0 Å². The summed E-state index contributed by atoms with van der Waals surface area (Å²) in [7, 11) is -3.49. The van der Waals surface area contributed by atoms with Crippen molar-refractivity contribution in [1.82, 2.24) is 4.31 Å². The van der Waals surface area contributed by atoms with Crippen molar-refractivity contribution in [1.29, 1.82) is 0 Å². The zero-order chi connectivity index (χ0) is 21.1. The minimum atomic E-state index is -3.49. The summed E-state index contributed by atoms with van der Waals surface area (Å²) < 4.78 is 27.6. The summed E-state index contributed by atoms with van der Waals surface area (Å²) in [6.07, 6.45) is 4.62. The molecule has 0 amide bonds. The molecule has 2 aromatic rings. The highest BCUT2D eigenvalue weighted by atomic mass is 32.2. The van der Waals surface area contributed by atoms with E-state index in [9.17, 15) is 8.42 Å². The Kier molecular flexibility index (Phi) is 9.42. The second kappa shape index (κ2) is 11.8. The molecule has 29 heavy (non-hydrogen) atoms. The van der Waals surface area contributed by atoms with Gasteiger partial charge in [-0.15, -0.1) is 0 Å². The van der Waals surface area contributed by atoms with Crippen LogP contribution < -0.4 is 4.90 Å². The molecule has 4 nitrogen and oxygen atoms in total. The number of anilines is 1. The Morgan fingerprint density at radius 3 is 2.10 bits per heavy atom. The van der Waals surface area contributed by atoms with Gasteiger partial charge in [-0.2, -0.15) is 4.31 Å². The van der Waals surface area contributed by atoms with Crippen molar-refractivity contribution in [2.45, 2.75) is 46.6 Å². The Bertz CT molecular complexity index is 842. The Hall–Kier alpha value is -2.11. The van der Waals surface area contributed by atoms with Crippen molar-refractivity contribution in [3.8, 4) is 0 Å². The number of hydrogen-bond donors (Lipinski definition) is 0. The van der Waals surface area contributed by atoms with Crippen molar-refractivity contribution in [2.24, 2.45) is 0 Å². The fourth-order valence-electron chi connectivity index (χ4n) is 3.25. The highest BCUT2D eigenvalue weighted by Crippen LogP contribution is 2.19. The van der Waals surface area contributed by atoms with Crippen molar-refractivity contribution in [2.75, 3.05) is 24.5 Å². The number of nitrogens with zero attached hydrogens (tertiary/aromatic N) is 2. The average molecular weight is 415 g/mol. The molecule has 5 heteroatoms. The molecule has 0 saturated carbocycles. The third-order valence-corrected chi connectivity index (χ3v) is 6.54. The average Bonchev–Trinajstić information content (AvgIpc) is 2.74. The lowest BCUT2D eigenvalue weighted by molar-refractivity contribution is 0.400. The molecule has 0 unspecified atom stereocenters. The monoisotopic (exact) mass is 414 g/mol. The zero-order valence-corrected chi connectivity index (χ0v) is 18.7. The standard InChI is InChI=1S/C24H34N2O2S/c1-4-7-11-19-26(29(27,28)20-18-22-12-9-8-10-13-22)21-23-14-16-24(17-15-23)25(5-2)6-3/h8-10,12-18,20H,4-7,11,19,21H2,1-3H3. The molecule has 0 saturated heterocycles. The van der Waals surface area contributed by atoms with Crippen LogP contribution in [0.2, 0.25) is 0 Å². The van der Waals surface area contributed by atoms with E-state index in [0.717, 1.165) is 43.5 Å². The van der Waals surface area contributed by atoms with E-state index in [4.69, 9.17) is 0 Å². The van der Waals surface area contributed by atoms with Gasteiger partial charge in [0, 0.05) is 37.3 Å². The lowest BCUT2D eigenvalue weighted by Crippen LogP contribution is -2.30. The molecule has 0 radical (unpaired) electrons. The van der Waals surface area contributed by atoms with Crippen molar-refractivity contribution in [3.63, 3.8) is 0 Å². The molecule has 0 aliphatic heterocycles. The maximum absolute atomic E-state index is 13.0. The first-order chi connectivity index (χ1) is 14.0. The smallest absolute Gasteiger partial charge is 0.236 e. The number of benzene rings is 2. The first-order valence-corrected chi connectivity index (χ1v) is 12.1. The summed E-state index contributed by atoms with van der Waals surface area (Å²) in [5, 5.41) is 1.33. The fraction of sp³-hybridized carbons (Fsp3) is 0.417. The van der Waals surface area contributed by atoms with E-state index in [1.165, 1.54) is 11.1 Å². The Balaban J connectivity index is 2.17. The van der Waals surface area contributed by atoms with Gasteiger partial charge in [0.15, 0.2) is 0 Å². The second-order valence-electron chi connectivity index (χ2n) is 7.14. The quantitative estimate of drug-likeness (QED) is 0.429. The van der Waals surface area contributed by atoms with E-state index in [1.807, 2.05) is 42.5 Å². The van der Waals surface area contributed by atoms with Gasteiger partial charge in [0.1, 0.15) is 0 Å². The zero-order valence-electron chi connectivity index (χ0n) is 17.9. The van der Waals surface area contributed by atoms with Gasteiger partial charge in [0.2, 0.25) is 10.0 Å². The van der Waals surface area contributed by atoms with Crippen LogP contribution in [0.25, 0.3) is 6.08 Å². The molecule has 0 aromatic heterocycles. The largest absolute Gasteiger partial charge is 0.372 e. The molecule has 158 valence electrons. The Labute approximate surface area is 176 Å². The first kappa shape index (κ1) is 23.2. The molecule has 2 aromatic carbocycles. The minimum absolute atomic E-state index is 0.393. The number of sulfonamides is 1. The summed E-state index contributed by atoms with van der Waals surface area (Å²) in [5.41, 5.74) is 3.06. The molecular weight excluding hydrogens is 380 g/mol. The first-order valence-electron chi connectivity index (χ1n) is 10.6. The van der Waals surface area contributed by atoms with Gasteiger partial charge in [-0.1, -0.05) is 62.2 Å². The SMILES string of the molecule is CCCCCN(Cc1ccc(N(CC)CC)cc1)S(=O)(=O)C=Cc1ccccc1. The van der Waals surface area contributed by atoms with Crippen LogP contribution in [0.5, 0.6) is 0 Å². The van der Waals surface area contributed by atoms with E-state index in [2.05, 4.69) is 37.8 Å². The Morgan fingerprint density at radius 1 is 0.862 bits per heavy atom. The second-order valence-corrected chi connectivity index (χ2v) is 8.96. The molecule has 0 atom stereocenters.